The van der Waals surface area contributed by atoms with Crippen molar-refractivity contribution < 1.29 is 18.6 Å². The van der Waals surface area contributed by atoms with Crippen molar-refractivity contribution in [2.75, 3.05) is 60.1 Å². The zero-order valence-electron chi connectivity index (χ0n) is 18.9. The minimum absolute atomic E-state index is 0.407. The molecular formula is C25H30N2O5. The Kier molecular flexibility index (Phi) is 6.97. The molecule has 0 spiro atoms. The standard InChI is InChI=1S/C25H30N2O5/c1-4-26-9-11-27(12-10-26)13-14-31-20-7-5-19-15-21(25(28)32-23(19)17-20)18-6-8-22(29-2)24(16-18)30-3/h5-8,15-17H,4,9-14H2,1-3H3. The first kappa shape index (κ1) is 22.2. The zero-order valence-corrected chi connectivity index (χ0v) is 18.9. The molecule has 0 unspecified atom stereocenters. The molecule has 7 nitrogen and oxygen atoms in total. The van der Waals surface area contributed by atoms with Crippen LogP contribution in [0.1, 0.15) is 6.92 Å². The maximum atomic E-state index is 12.7. The minimum Gasteiger partial charge on any atom is -0.493 e. The van der Waals surface area contributed by atoms with Gasteiger partial charge in [0.2, 0.25) is 0 Å². The number of rotatable bonds is 8. The molecule has 2 heterocycles. The average Bonchev–Trinajstić information content (AvgIpc) is 2.83. The highest BCUT2D eigenvalue weighted by Gasteiger charge is 2.15. The lowest BCUT2D eigenvalue weighted by molar-refractivity contribution is 0.121. The number of hydrogen-bond donors (Lipinski definition) is 0. The van der Waals surface area contributed by atoms with Crippen LogP contribution in [-0.2, 0) is 0 Å². The molecule has 0 radical (unpaired) electrons. The molecule has 0 amide bonds. The Hall–Kier alpha value is -3.03. The second-order valence-electron chi connectivity index (χ2n) is 7.84. The lowest BCUT2D eigenvalue weighted by Gasteiger charge is -2.33. The van der Waals surface area contributed by atoms with E-state index >= 15 is 0 Å². The Morgan fingerprint density at radius 1 is 0.906 bits per heavy atom. The van der Waals surface area contributed by atoms with Gasteiger partial charge in [-0.15, -0.1) is 0 Å². The van der Waals surface area contributed by atoms with Gasteiger partial charge in [-0.05, 0) is 42.4 Å². The summed E-state index contributed by atoms with van der Waals surface area (Å²) in [7, 11) is 3.14. The van der Waals surface area contributed by atoms with Crippen LogP contribution in [0.25, 0.3) is 22.1 Å². The number of hydrogen-bond acceptors (Lipinski definition) is 7. The number of ether oxygens (including phenoxy) is 3. The van der Waals surface area contributed by atoms with Crippen LogP contribution in [0.4, 0.5) is 0 Å². The molecule has 1 saturated heterocycles. The summed E-state index contributed by atoms with van der Waals surface area (Å²) in [6, 6.07) is 12.8. The van der Waals surface area contributed by atoms with E-state index in [-0.39, 0.29) is 0 Å². The maximum Gasteiger partial charge on any atom is 0.344 e. The van der Waals surface area contributed by atoms with Crippen molar-refractivity contribution in [1.82, 2.24) is 9.80 Å². The first-order valence-corrected chi connectivity index (χ1v) is 11.0. The van der Waals surface area contributed by atoms with Gasteiger partial charge in [-0.3, -0.25) is 4.90 Å². The third-order valence-corrected chi connectivity index (χ3v) is 5.99. The molecule has 0 bridgehead atoms. The van der Waals surface area contributed by atoms with Gasteiger partial charge in [-0.25, -0.2) is 4.79 Å². The molecule has 7 heteroatoms. The first-order valence-electron chi connectivity index (χ1n) is 11.0. The van der Waals surface area contributed by atoms with E-state index in [1.165, 1.54) is 0 Å². The van der Waals surface area contributed by atoms with E-state index in [1.54, 1.807) is 32.4 Å². The van der Waals surface area contributed by atoms with E-state index in [2.05, 4.69) is 16.7 Å². The van der Waals surface area contributed by atoms with Gasteiger partial charge in [0.15, 0.2) is 11.5 Å². The van der Waals surface area contributed by atoms with Gasteiger partial charge >= 0.3 is 5.63 Å². The van der Waals surface area contributed by atoms with Crippen LogP contribution >= 0.6 is 0 Å². The fourth-order valence-electron chi connectivity index (χ4n) is 4.01. The van der Waals surface area contributed by atoms with Gasteiger partial charge in [0, 0.05) is 44.2 Å². The van der Waals surface area contributed by atoms with Crippen molar-refractivity contribution in [1.29, 1.82) is 0 Å². The highest BCUT2D eigenvalue weighted by molar-refractivity contribution is 5.83. The van der Waals surface area contributed by atoms with Gasteiger partial charge in [0.05, 0.1) is 19.8 Å². The van der Waals surface area contributed by atoms with Crippen LogP contribution in [0.15, 0.2) is 51.7 Å². The topological polar surface area (TPSA) is 64.4 Å². The molecule has 0 N–H and O–H groups in total. The summed E-state index contributed by atoms with van der Waals surface area (Å²) in [5.74, 6) is 1.87. The van der Waals surface area contributed by atoms with E-state index in [9.17, 15) is 4.79 Å². The van der Waals surface area contributed by atoms with Crippen molar-refractivity contribution in [2.45, 2.75) is 6.92 Å². The lowest BCUT2D eigenvalue weighted by Crippen LogP contribution is -2.47. The second-order valence-corrected chi connectivity index (χ2v) is 7.84. The number of fused-ring (bicyclic) bond motifs is 1. The molecule has 3 aromatic rings. The molecule has 0 atom stereocenters. The third-order valence-electron chi connectivity index (χ3n) is 5.99. The van der Waals surface area contributed by atoms with E-state index in [0.717, 1.165) is 44.7 Å². The summed E-state index contributed by atoms with van der Waals surface area (Å²) in [4.78, 5) is 17.6. The molecule has 32 heavy (non-hydrogen) atoms. The van der Waals surface area contributed by atoms with Crippen LogP contribution in [-0.4, -0.2) is 69.9 Å². The molecule has 1 aliphatic heterocycles. The van der Waals surface area contributed by atoms with Gasteiger partial charge < -0.3 is 23.5 Å². The quantitative estimate of drug-likeness (QED) is 0.499. The molecule has 170 valence electrons. The minimum atomic E-state index is -0.407. The van der Waals surface area contributed by atoms with E-state index in [4.69, 9.17) is 18.6 Å². The normalized spacial score (nSPS) is 15.1. The summed E-state index contributed by atoms with van der Waals surface area (Å²) in [5, 5.41) is 0.831. The van der Waals surface area contributed by atoms with Gasteiger partial charge in [0.25, 0.3) is 0 Å². The van der Waals surface area contributed by atoms with Crippen LogP contribution < -0.4 is 19.8 Å². The van der Waals surface area contributed by atoms with Crippen LogP contribution in [0.2, 0.25) is 0 Å². The number of piperazine rings is 1. The SMILES string of the molecule is CCN1CCN(CCOc2ccc3cc(-c4ccc(OC)c(OC)c4)c(=O)oc3c2)CC1. The zero-order chi connectivity index (χ0) is 22.5. The second kappa shape index (κ2) is 10.1. The van der Waals surface area contributed by atoms with E-state index in [1.807, 2.05) is 24.3 Å². The fraction of sp³-hybridized carbons (Fsp3) is 0.400. The van der Waals surface area contributed by atoms with Gasteiger partial charge in [0.1, 0.15) is 17.9 Å². The molecule has 4 rings (SSSR count). The molecule has 1 fully saturated rings. The lowest BCUT2D eigenvalue weighted by atomic mass is 10.1. The number of likely N-dealkylation sites (N-methyl/N-ethyl adjacent to an activating group) is 1. The smallest absolute Gasteiger partial charge is 0.344 e. The molecule has 1 aromatic heterocycles. The highest BCUT2D eigenvalue weighted by atomic mass is 16.5. The van der Waals surface area contributed by atoms with E-state index in [0.29, 0.717) is 40.6 Å². The number of nitrogens with zero attached hydrogens (tertiary/aromatic N) is 2. The van der Waals surface area contributed by atoms with Crippen molar-refractivity contribution in [2.24, 2.45) is 0 Å². The molecule has 2 aromatic carbocycles. The van der Waals surface area contributed by atoms with Gasteiger partial charge in [-0.2, -0.15) is 0 Å². The Bertz CT molecular complexity index is 1120. The highest BCUT2D eigenvalue weighted by Crippen LogP contribution is 2.32. The van der Waals surface area contributed by atoms with Crippen LogP contribution in [0.5, 0.6) is 17.2 Å². The Morgan fingerprint density at radius 3 is 2.38 bits per heavy atom. The Morgan fingerprint density at radius 2 is 1.66 bits per heavy atom. The van der Waals surface area contributed by atoms with Gasteiger partial charge in [-0.1, -0.05) is 13.0 Å². The number of benzene rings is 2. The average molecular weight is 439 g/mol. The Balaban J connectivity index is 1.46. The molecule has 0 aliphatic carbocycles. The number of methoxy groups -OCH3 is 2. The Labute approximate surface area is 188 Å². The maximum absolute atomic E-state index is 12.7. The molecule has 1 aliphatic rings. The summed E-state index contributed by atoms with van der Waals surface area (Å²) >= 11 is 0. The third kappa shape index (κ3) is 4.89. The van der Waals surface area contributed by atoms with E-state index < -0.39 is 5.63 Å². The summed E-state index contributed by atoms with van der Waals surface area (Å²) in [6.07, 6.45) is 0. The van der Waals surface area contributed by atoms with Crippen molar-refractivity contribution in [3.8, 4) is 28.4 Å². The van der Waals surface area contributed by atoms with Crippen molar-refractivity contribution >= 4 is 11.0 Å². The first-order chi connectivity index (χ1) is 15.6. The fourth-order valence-corrected chi connectivity index (χ4v) is 4.01. The summed E-state index contributed by atoms with van der Waals surface area (Å²) in [5.41, 5.74) is 1.28. The largest absolute Gasteiger partial charge is 0.493 e. The monoisotopic (exact) mass is 438 g/mol. The predicted octanol–water partition coefficient (Wildman–Crippen LogP) is 3.49. The van der Waals surface area contributed by atoms with Crippen LogP contribution in [0, 0.1) is 0 Å². The molecular weight excluding hydrogens is 408 g/mol. The molecule has 0 saturated carbocycles. The van der Waals surface area contributed by atoms with Crippen LogP contribution in [0.3, 0.4) is 0 Å². The summed E-state index contributed by atoms with van der Waals surface area (Å²) in [6.45, 7) is 9.17. The van der Waals surface area contributed by atoms with Crippen molar-refractivity contribution in [3.05, 3.63) is 52.9 Å². The summed E-state index contributed by atoms with van der Waals surface area (Å²) < 4.78 is 22.2. The van der Waals surface area contributed by atoms with Crippen molar-refractivity contribution in [3.63, 3.8) is 0 Å². The predicted molar refractivity (Wildman–Crippen MR) is 125 cm³/mol.